The van der Waals surface area contributed by atoms with Crippen molar-refractivity contribution in [3.05, 3.63) is 71.8 Å². The van der Waals surface area contributed by atoms with Gasteiger partial charge in [-0.2, -0.15) is 0 Å². The quantitative estimate of drug-likeness (QED) is 0.0535. The highest BCUT2D eigenvalue weighted by Crippen LogP contribution is 2.14. The van der Waals surface area contributed by atoms with Crippen molar-refractivity contribution in [3.63, 3.8) is 0 Å². The zero-order valence-corrected chi connectivity index (χ0v) is 31.8. The standard InChI is InChI=1S/C39H61N11O4/c1-27(2)25-33(36(53)47-32(17-10-5-11-20-45-38(41)42)37(54)49-21-12-22-50(24-23-49)39(43)44)48-35(52)31(19-18-28-13-6-3-7-14-28)46-34(51)30(40)26-29-15-8-4-9-16-29/h3-4,6-9,13-16,27,30-33H,5,10-12,17-26,40H2,1-2H3,(H3,43,44)(H,46,51)(H,47,53)(H,48,52)(H4,41,42,45)/t30-,31-,32-,33-/m1/s1. The predicted octanol–water partition coefficient (Wildman–Crippen LogP) is 1.16. The number of carbonyl (C=O) groups excluding carboxylic acids is 4. The molecule has 2 aromatic rings. The maximum Gasteiger partial charge on any atom is 0.245 e. The minimum Gasteiger partial charge on any atom is -0.370 e. The van der Waals surface area contributed by atoms with Crippen LogP contribution in [0.25, 0.3) is 0 Å². The lowest BCUT2D eigenvalue weighted by molar-refractivity contribution is -0.138. The maximum absolute atomic E-state index is 14.1. The Kier molecular flexibility index (Phi) is 18.2. The molecule has 2 aromatic carbocycles. The van der Waals surface area contributed by atoms with Crippen LogP contribution in [0.4, 0.5) is 0 Å². The van der Waals surface area contributed by atoms with Crippen molar-refractivity contribution in [2.24, 2.45) is 23.1 Å². The van der Waals surface area contributed by atoms with E-state index in [1.165, 1.54) is 0 Å². The van der Waals surface area contributed by atoms with Crippen LogP contribution in [0.2, 0.25) is 0 Å². The molecule has 4 atom stereocenters. The van der Waals surface area contributed by atoms with Crippen LogP contribution in [0.5, 0.6) is 0 Å². The van der Waals surface area contributed by atoms with E-state index in [1.54, 1.807) is 9.80 Å². The molecule has 0 spiro atoms. The predicted molar refractivity (Wildman–Crippen MR) is 211 cm³/mol. The van der Waals surface area contributed by atoms with Crippen molar-refractivity contribution in [2.75, 3.05) is 32.7 Å². The van der Waals surface area contributed by atoms with Gasteiger partial charge in [-0.3, -0.25) is 30.0 Å². The number of benzene rings is 2. The van der Waals surface area contributed by atoms with Crippen LogP contribution in [-0.2, 0) is 32.0 Å². The van der Waals surface area contributed by atoms with Crippen molar-refractivity contribution in [1.82, 2.24) is 31.1 Å². The molecule has 1 fully saturated rings. The van der Waals surface area contributed by atoms with Gasteiger partial charge < -0.3 is 48.3 Å². The van der Waals surface area contributed by atoms with Crippen molar-refractivity contribution in [2.45, 2.75) is 95.8 Å². The summed E-state index contributed by atoms with van der Waals surface area (Å²) in [5.74, 6) is -1.83. The van der Waals surface area contributed by atoms with Gasteiger partial charge in [0.25, 0.3) is 0 Å². The molecule has 15 heteroatoms. The van der Waals surface area contributed by atoms with Crippen LogP contribution in [-0.4, -0.2) is 102 Å². The molecular weight excluding hydrogens is 687 g/mol. The normalized spacial score (nSPS) is 15.3. The number of guanidine groups is 2. The lowest BCUT2D eigenvalue weighted by Crippen LogP contribution is -2.58. The number of amides is 4. The summed E-state index contributed by atoms with van der Waals surface area (Å²) in [5, 5.41) is 26.7. The van der Waals surface area contributed by atoms with Gasteiger partial charge in [-0.15, -0.1) is 0 Å². The number of carbonyl (C=O) groups is 4. The van der Waals surface area contributed by atoms with Crippen LogP contribution in [0.15, 0.2) is 60.7 Å². The fourth-order valence-corrected chi connectivity index (χ4v) is 6.44. The summed E-state index contributed by atoms with van der Waals surface area (Å²) in [5.41, 5.74) is 19.3. The lowest BCUT2D eigenvalue weighted by atomic mass is 9.99. The molecular formula is C39H61N11O4. The average molecular weight is 748 g/mol. The first kappa shape index (κ1) is 43.2. The molecule has 3 rings (SSSR count). The van der Waals surface area contributed by atoms with Gasteiger partial charge in [-0.25, -0.2) is 0 Å². The fraction of sp³-hybridized carbons (Fsp3) is 0.538. The second-order valence-electron chi connectivity index (χ2n) is 14.4. The number of aryl methyl sites for hydroxylation is 1. The first-order valence-electron chi connectivity index (χ1n) is 19.0. The number of nitrogens with one attached hydrogen (secondary N) is 6. The molecule has 1 aliphatic heterocycles. The van der Waals surface area contributed by atoms with Crippen LogP contribution in [0.1, 0.15) is 69.9 Å². The molecule has 0 bridgehead atoms. The molecule has 1 aliphatic rings. The Balaban J connectivity index is 1.77. The summed E-state index contributed by atoms with van der Waals surface area (Å²) < 4.78 is 0. The largest absolute Gasteiger partial charge is 0.370 e. The molecule has 0 saturated carbocycles. The minimum absolute atomic E-state index is 0.0174. The van der Waals surface area contributed by atoms with E-state index in [0.717, 1.165) is 24.0 Å². The second-order valence-corrected chi connectivity index (χ2v) is 14.4. The molecule has 1 saturated heterocycles. The van der Waals surface area contributed by atoms with E-state index in [2.05, 4.69) is 21.3 Å². The molecule has 0 aliphatic carbocycles. The molecule has 12 N–H and O–H groups in total. The number of hydrogen-bond donors (Lipinski definition) is 9. The number of hydrogen-bond acceptors (Lipinski definition) is 7. The molecule has 0 unspecified atom stereocenters. The van der Waals surface area contributed by atoms with Gasteiger partial charge >= 0.3 is 0 Å². The Bertz CT molecular complexity index is 1510. The highest BCUT2D eigenvalue weighted by atomic mass is 16.2. The van der Waals surface area contributed by atoms with E-state index < -0.39 is 41.9 Å². The second kappa shape index (κ2) is 22.8. The van der Waals surface area contributed by atoms with Gasteiger partial charge in [0.2, 0.25) is 23.6 Å². The summed E-state index contributed by atoms with van der Waals surface area (Å²) in [4.78, 5) is 58.8. The van der Waals surface area contributed by atoms with Crippen molar-refractivity contribution in [3.8, 4) is 0 Å². The Morgan fingerprint density at radius 3 is 1.91 bits per heavy atom. The average Bonchev–Trinajstić information content (AvgIpc) is 3.41. The third kappa shape index (κ3) is 15.4. The number of rotatable bonds is 20. The number of nitrogens with zero attached hydrogens (tertiary/aromatic N) is 2. The Morgan fingerprint density at radius 2 is 1.28 bits per heavy atom. The van der Waals surface area contributed by atoms with Crippen molar-refractivity contribution < 1.29 is 19.2 Å². The number of nitrogens with two attached hydrogens (primary N) is 3. The highest BCUT2D eigenvalue weighted by Gasteiger charge is 2.33. The molecule has 4 amide bonds. The van der Waals surface area contributed by atoms with Gasteiger partial charge in [-0.1, -0.05) is 87.4 Å². The number of unbranched alkanes of at least 4 members (excludes halogenated alkanes) is 2. The highest BCUT2D eigenvalue weighted by molar-refractivity contribution is 5.95. The smallest absolute Gasteiger partial charge is 0.245 e. The van der Waals surface area contributed by atoms with Gasteiger partial charge in [0.15, 0.2) is 11.9 Å². The van der Waals surface area contributed by atoms with E-state index in [4.69, 9.17) is 28.0 Å². The third-order valence-corrected chi connectivity index (χ3v) is 9.42. The van der Waals surface area contributed by atoms with Crippen molar-refractivity contribution in [1.29, 1.82) is 10.8 Å². The third-order valence-electron chi connectivity index (χ3n) is 9.42. The molecule has 1 heterocycles. The molecule has 15 nitrogen and oxygen atoms in total. The molecule has 54 heavy (non-hydrogen) atoms. The monoisotopic (exact) mass is 747 g/mol. The van der Waals surface area contributed by atoms with Gasteiger partial charge in [0, 0.05) is 32.7 Å². The summed E-state index contributed by atoms with van der Waals surface area (Å²) >= 11 is 0. The first-order chi connectivity index (χ1) is 25.8. The van der Waals surface area contributed by atoms with E-state index >= 15 is 0 Å². The van der Waals surface area contributed by atoms with E-state index in [1.807, 2.05) is 74.5 Å². The topological polar surface area (TPSA) is 249 Å². The fourth-order valence-electron chi connectivity index (χ4n) is 6.44. The zero-order valence-electron chi connectivity index (χ0n) is 31.8. The van der Waals surface area contributed by atoms with Crippen molar-refractivity contribution >= 4 is 35.5 Å². The summed E-state index contributed by atoms with van der Waals surface area (Å²) in [6.45, 7) is 6.19. The van der Waals surface area contributed by atoms with Crippen LogP contribution in [0.3, 0.4) is 0 Å². The first-order valence-corrected chi connectivity index (χ1v) is 19.0. The Hall–Kier alpha value is -5.18. The van der Waals surface area contributed by atoms with E-state index in [0.29, 0.717) is 71.2 Å². The van der Waals surface area contributed by atoms with Gasteiger partial charge in [-0.05, 0) is 62.0 Å². The summed E-state index contributed by atoms with van der Waals surface area (Å²) in [6.07, 6.45) is 4.47. The minimum atomic E-state index is -0.973. The van der Waals surface area contributed by atoms with E-state index in [-0.39, 0.29) is 30.2 Å². The SMILES string of the molecule is CC(C)C[C@@H](NC(=O)[C@@H](CCc1ccccc1)NC(=O)[C@H](N)Cc1ccccc1)C(=O)N[C@H](CCCCCNC(=N)N)C(=O)N1CCCN(C(=N)N)CC1. The Morgan fingerprint density at radius 1 is 0.704 bits per heavy atom. The van der Waals surface area contributed by atoms with Gasteiger partial charge in [0.05, 0.1) is 6.04 Å². The van der Waals surface area contributed by atoms with Crippen LogP contribution < -0.4 is 38.5 Å². The van der Waals surface area contributed by atoms with E-state index in [9.17, 15) is 19.2 Å². The summed E-state index contributed by atoms with van der Waals surface area (Å²) in [7, 11) is 0. The summed E-state index contributed by atoms with van der Waals surface area (Å²) in [6, 6.07) is 15.4. The molecule has 0 aromatic heterocycles. The van der Waals surface area contributed by atoms with Crippen LogP contribution in [0, 0.1) is 16.7 Å². The van der Waals surface area contributed by atoms with Gasteiger partial charge in [0.1, 0.15) is 18.1 Å². The molecule has 296 valence electrons. The van der Waals surface area contributed by atoms with Crippen LogP contribution >= 0.6 is 0 Å². The lowest BCUT2D eigenvalue weighted by Gasteiger charge is -2.29. The maximum atomic E-state index is 14.1. The zero-order chi connectivity index (χ0) is 39.5. The molecule has 0 radical (unpaired) electrons. The Labute approximate surface area is 319 Å².